The average molecular weight is 297 g/mol. The van der Waals surface area contributed by atoms with Crippen molar-refractivity contribution in [2.24, 2.45) is 5.41 Å². The number of ether oxygens (including phenoxy) is 1. The molecule has 2 N–H and O–H groups in total. The topological polar surface area (TPSA) is 70.0 Å². The average Bonchev–Trinajstić information content (AvgIpc) is 2.38. The van der Waals surface area contributed by atoms with E-state index in [1.165, 1.54) is 6.08 Å². The Morgan fingerprint density at radius 2 is 2.00 bits per heavy atom. The van der Waals surface area contributed by atoms with Gasteiger partial charge in [0.05, 0.1) is 12.4 Å². The third kappa shape index (κ3) is 4.77. The Morgan fingerprint density at radius 3 is 2.43 bits per heavy atom. The molecule has 0 bridgehead atoms. The monoisotopic (exact) mass is 297 g/mol. The molecule has 1 atom stereocenters. The molecule has 1 amide bonds. The molecule has 5 heteroatoms. The minimum absolute atomic E-state index is 0.318. The zero-order valence-electron chi connectivity index (χ0n) is 13.2. The summed E-state index contributed by atoms with van der Waals surface area (Å²) in [4.78, 5) is 13.7. The number of aliphatic hydroxyl groups excluding tert-OH is 2. The summed E-state index contributed by atoms with van der Waals surface area (Å²) < 4.78 is 5.36. The highest BCUT2D eigenvalue weighted by atomic mass is 16.6. The second kappa shape index (κ2) is 6.98. The molecule has 21 heavy (non-hydrogen) atoms. The van der Waals surface area contributed by atoms with Crippen molar-refractivity contribution in [2.75, 3.05) is 13.1 Å². The van der Waals surface area contributed by atoms with Crippen LogP contribution in [0.3, 0.4) is 0 Å². The highest BCUT2D eigenvalue weighted by Gasteiger charge is 2.40. The van der Waals surface area contributed by atoms with Crippen LogP contribution in [0.1, 0.15) is 40.0 Å². The summed E-state index contributed by atoms with van der Waals surface area (Å²) in [5, 5.41) is 19.1. The van der Waals surface area contributed by atoms with Gasteiger partial charge in [-0.25, -0.2) is 4.79 Å². The summed E-state index contributed by atoms with van der Waals surface area (Å²) in [6.45, 7) is 10.3. The van der Waals surface area contributed by atoms with Crippen molar-refractivity contribution in [3.05, 3.63) is 25.0 Å². The van der Waals surface area contributed by atoms with Gasteiger partial charge in [-0.15, -0.1) is 6.58 Å². The van der Waals surface area contributed by atoms with Crippen molar-refractivity contribution in [2.45, 2.75) is 51.7 Å². The first-order chi connectivity index (χ1) is 9.74. The maximum absolute atomic E-state index is 12.0. The molecule has 1 unspecified atom stereocenters. The lowest BCUT2D eigenvalue weighted by Gasteiger charge is -2.43. The number of rotatable bonds is 4. The quantitative estimate of drug-likeness (QED) is 0.618. The van der Waals surface area contributed by atoms with Crippen LogP contribution in [0.2, 0.25) is 0 Å². The van der Waals surface area contributed by atoms with Crippen LogP contribution in [0.5, 0.6) is 0 Å². The number of amides is 1. The standard InChI is InChI=1S/C16H27NO4/c1-5-7-16(13(19)6-12-18)8-10-17(11-9-16)14(20)21-15(2,3)4/h5-6,12-13,18-19H,1,7-11H2,2-4H3. The number of nitrogens with zero attached hydrogens (tertiary/aromatic N) is 1. The van der Waals surface area contributed by atoms with E-state index < -0.39 is 11.7 Å². The van der Waals surface area contributed by atoms with Crippen LogP contribution in [-0.4, -0.2) is 46.0 Å². The lowest BCUT2D eigenvalue weighted by molar-refractivity contribution is -0.0162. The van der Waals surface area contributed by atoms with Crippen molar-refractivity contribution in [3.8, 4) is 0 Å². The minimum Gasteiger partial charge on any atom is -0.516 e. The molecule has 1 fully saturated rings. The maximum Gasteiger partial charge on any atom is 0.410 e. The van der Waals surface area contributed by atoms with Crippen molar-refractivity contribution >= 4 is 6.09 Å². The highest BCUT2D eigenvalue weighted by Crippen LogP contribution is 2.39. The molecule has 1 saturated heterocycles. The molecule has 0 spiro atoms. The first-order valence-corrected chi connectivity index (χ1v) is 7.32. The normalized spacial score (nSPS) is 20.3. The van der Waals surface area contributed by atoms with Crippen LogP contribution in [0.25, 0.3) is 0 Å². The Morgan fingerprint density at radius 1 is 1.43 bits per heavy atom. The molecule has 120 valence electrons. The zero-order valence-corrected chi connectivity index (χ0v) is 13.2. The Hall–Kier alpha value is -1.49. The molecule has 0 saturated carbocycles. The number of likely N-dealkylation sites (tertiary alicyclic amines) is 1. The number of carbonyl (C=O) groups excluding carboxylic acids is 1. The van der Waals surface area contributed by atoms with Crippen molar-refractivity contribution in [1.82, 2.24) is 4.90 Å². The Balaban J connectivity index is 2.70. The van der Waals surface area contributed by atoms with E-state index in [1.807, 2.05) is 20.8 Å². The fourth-order valence-corrected chi connectivity index (χ4v) is 2.65. The molecule has 0 aromatic heterocycles. The summed E-state index contributed by atoms with van der Waals surface area (Å²) in [6.07, 6.45) is 4.89. The van der Waals surface area contributed by atoms with Crippen molar-refractivity contribution in [1.29, 1.82) is 0 Å². The van der Waals surface area contributed by atoms with Gasteiger partial charge in [0.2, 0.25) is 0 Å². The van der Waals surface area contributed by atoms with Crippen LogP contribution in [-0.2, 0) is 4.74 Å². The van der Waals surface area contributed by atoms with E-state index in [1.54, 1.807) is 11.0 Å². The fraction of sp³-hybridized carbons (Fsp3) is 0.688. The summed E-state index contributed by atoms with van der Waals surface area (Å²) in [6, 6.07) is 0. The fourth-order valence-electron chi connectivity index (χ4n) is 2.65. The van der Waals surface area contributed by atoms with E-state index in [2.05, 4.69) is 6.58 Å². The molecule has 1 rings (SSSR count). The summed E-state index contributed by atoms with van der Waals surface area (Å²) in [7, 11) is 0. The molecule has 1 aliphatic heterocycles. The molecule has 1 heterocycles. The highest BCUT2D eigenvalue weighted by molar-refractivity contribution is 5.68. The predicted molar refractivity (Wildman–Crippen MR) is 82.1 cm³/mol. The number of hydrogen-bond acceptors (Lipinski definition) is 4. The second-order valence-electron chi connectivity index (χ2n) is 6.61. The van der Waals surface area contributed by atoms with Gasteiger partial charge in [0, 0.05) is 18.5 Å². The van der Waals surface area contributed by atoms with E-state index in [0.717, 1.165) is 6.26 Å². The van der Waals surface area contributed by atoms with Gasteiger partial charge in [0.15, 0.2) is 0 Å². The molecule has 0 aromatic rings. The van der Waals surface area contributed by atoms with E-state index >= 15 is 0 Å². The van der Waals surface area contributed by atoms with Crippen LogP contribution in [0.15, 0.2) is 25.0 Å². The number of hydrogen-bond donors (Lipinski definition) is 2. The largest absolute Gasteiger partial charge is 0.516 e. The van der Waals surface area contributed by atoms with Crippen molar-refractivity contribution in [3.63, 3.8) is 0 Å². The number of carbonyl (C=O) groups is 1. The van der Waals surface area contributed by atoms with Gasteiger partial charge in [0.1, 0.15) is 5.60 Å². The van der Waals surface area contributed by atoms with E-state index in [4.69, 9.17) is 9.84 Å². The molecule has 0 aromatic carbocycles. The van der Waals surface area contributed by atoms with Gasteiger partial charge >= 0.3 is 6.09 Å². The molecule has 1 aliphatic rings. The maximum atomic E-state index is 12.0. The number of piperidine rings is 1. The number of allylic oxidation sites excluding steroid dienone is 1. The summed E-state index contributed by atoms with van der Waals surface area (Å²) in [5.74, 6) is 0. The zero-order chi connectivity index (χ0) is 16.1. The van der Waals surface area contributed by atoms with Crippen LogP contribution < -0.4 is 0 Å². The molecular weight excluding hydrogens is 270 g/mol. The molecule has 5 nitrogen and oxygen atoms in total. The van der Waals surface area contributed by atoms with E-state index in [9.17, 15) is 9.90 Å². The third-order valence-electron chi connectivity index (χ3n) is 3.86. The van der Waals surface area contributed by atoms with E-state index in [0.29, 0.717) is 32.4 Å². The van der Waals surface area contributed by atoms with Crippen LogP contribution >= 0.6 is 0 Å². The molecular formula is C16H27NO4. The third-order valence-corrected chi connectivity index (χ3v) is 3.86. The Labute approximate surface area is 126 Å². The number of aliphatic hydroxyl groups is 2. The smallest absolute Gasteiger partial charge is 0.410 e. The first kappa shape index (κ1) is 17.6. The van der Waals surface area contributed by atoms with Gasteiger partial charge in [-0.2, -0.15) is 0 Å². The van der Waals surface area contributed by atoms with Gasteiger partial charge in [0.25, 0.3) is 0 Å². The molecule has 0 aliphatic carbocycles. The van der Waals surface area contributed by atoms with Gasteiger partial charge in [-0.1, -0.05) is 6.08 Å². The van der Waals surface area contributed by atoms with E-state index in [-0.39, 0.29) is 11.5 Å². The second-order valence-corrected chi connectivity index (χ2v) is 6.61. The summed E-state index contributed by atoms with van der Waals surface area (Å²) >= 11 is 0. The van der Waals surface area contributed by atoms with Gasteiger partial charge < -0.3 is 19.8 Å². The van der Waals surface area contributed by atoms with Crippen LogP contribution in [0.4, 0.5) is 4.79 Å². The SMILES string of the molecule is C=CCC1(C(O)C=CO)CCN(C(=O)OC(C)(C)C)CC1. The Bertz CT molecular complexity index is 390. The van der Waals surface area contributed by atoms with Crippen LogP contribution in [0, 0.1) is 5.41 Å². The lowest BCUT2D eigenvalue weighted by atomic mass is 9.71. The minimum atomic E-state index is -0.749. The summed E-state index contributed by atoms with van der Waals surface area (Å²) in [5.41, 5.74) is -0.884. The Kier molecular flexibility index (Phi) is 5.84. The first-order valence-electron chi connectivity index (χ1n) is 7.32. The predicted octanol–water partition coefficient (Wildman–Crippen LogP) is 3.01. The van der Waals surface area contributed by atoms with Gasteiger partial charge in [-0.05, 0) is 46.1 Å². The molecule has 0 radical (unpaired) electrons. The van der Waals surface area contributed by atoms with Gasteiger partial charge in [-0.3, -0.25) is 0 Å². The lowest BCUT2D eigenvalue weighted by Crippen LogP contribution is -2.48. The van der Waals surface area contributed by atoms with Crippen molar-refractivity contribution < 1.29 is 19.7 Å².